The van der Waals surface area contributed by atoms with Crippen LogP contribution in [0.4, 0.5) is 5.69 Å². The molecule has 1 amide bonds. The lowest BCUT2D eigenvalue weighted by Crippen LogP contribution is -2.42. The fraction of sp³-hybridized carbons (Fsp3) is 0.500. The number of nitrogens with one attached hydrogen (secondary N) is 1. The summed E-state index contributed by atoms with van der Waals surface area (Å²) >= 11 is 3.39. The van der Waals surface area contributed by atoms with Gasteiger partial charge in [0.1, 0.15) is 12.1 Å². The van der Waals surface area contributed by atoms with Gasteiger partial charge in [0.15, 0.2) is 0 Å². The highest BCUT2D eigenvalue weighted by molar-refractivity contribution is 9.10. The third-order valence-corrected chi connectivity index (χ3v) is 4.26. The number of rotatable bonds is 3. The molecule has 0 aromatic heterocycles. The fourth-order valence-corrected chi connectivity index (χ4v) is 2.95. The number of nitriles is 1. The van der Waals surface area contributed by atoms with Gasteiger partial charge in [-0.2, -0.15) is 5.26 Å². The van der Waals surface area contributed by atoms with Crippen molar-refractivity contribution < 1.29 is 4.79 Å². The van der Waals surface area contributed by atoms with E-state index in [2.05, 4.69) is 27.3 Å². The predicted octanol–water partition coefficient (Wildman–Crippen LogP) is 3.52. The van der Waals surface area contributed by atoms with Crippen molar-refractivity contribution in [2.24, 2.45) is 0 Å². The largest absolute Gasteiger partial charge is 0.373 e. The molecule has 0 spiro atoms. The monoisotopic (exact) mass is 349 g/mol. The molecule has 1 unspecified atom stereocenters. The number of hydrogen-bond donors (Lipinski definition) is 1. The summed E-state index contributed by atoms with van der Waals surface area (Å²) in [6.07, 6.45) is 4.57. The minimum atomic E-state index is -0.329. The number of carbonyl (C=O) groups excluding carboxylic acids is 1. The SMILES string of the molecule is CC(Nc1cc(Br)ccc1C#N)C(=O)N1CCCCCC1. The van der Waals surface area contributed by atoms with Gasteiger partial charge in [0, 0.05) is 17.6 Å². The second-order valence-corrected chi connectivity index (χ2v) is 6.32. The number of benzene rings is 1. The van der Waals surface area contributed by atoms with E-state index in [4.69, 9.17) is 5.26 Å². The maximum Gasteiger partial charge on any atom is 0.244 e. The molecule has 1 heterocycles. The molecule has 112 valence electrons. The van der Waals surface area contributed by atoms with E-state index in [9.17, 15) is 4.79 Å². The van der Waals surface area contributed by atoms with Crippen LogP contribution in [0.15, 0.2) is 22.7 Å². The Bertz CT molecular complexity index is 545. The van der Waals surface area contributed by atoms with Crippen LogP contribution in [0, 0.1) is 11.3 Å². The van der Waals surface area contributed by atoms with Crippen molar-refractivity contribution in [3.8, 4) is 6.07 Å². The first-order valence-electron chi connectivity index (χ1n) is 7.37. The van der Waals surface area contributed by atoms with Crippen LogP contribution in [0.5, 0.6) is 0 Å². The Morgan fingerprint density at radius 3 is 2.62 bits per heavy atom. The first-order valence-corrected chi connectivity index (χ1v) is 8.16. The van der Waals surface area contributed by atoms with Crippen LogP contribution in [0.3, 0.4) is 0 Å². The van der Waals surface area contributed by atoms with E-state index >= 15 is 0 Å². The van der Waals surface area contributed by atoms with E-state index < -0.39 is 0 Å². The summed E-state index contributed by atoms with van der Waals surface area (Å²) in [6.45, 7) is 3.54. The van der Waals surface area contributed by atoms with Crippen molar-refractivity contribution in [1.29, 1.82) is 5.26 Å². The number of carbonyl (C=O) groups is 1. The molecule has 0 radical (unpaired) electrons. The van der Waals surface area contributed by atoms with Gasteiger partial charge in [-0.15, -0.1) is 0 Å². The smallest absolute Gasteiger partial charge is 0.244 e. The fourth-order valence-electron chi connectivity index (χ4n) is 2.59. The number of halogens is 1. The van der Waals surface area contributed by atoms with Crippen LogP contribution in [0.1, 0.15) is 38.2 Å². The summed E-state index contributed by atoms with van der Waals surface area (Å²) in [5.41, 5.74) is 1.25. The normalized spacial score (nSPS) is 16.7. The second kappa shape index (κ2) is 7.46. The molecule has 1 aliphatic heterocycles. The second-order valence-electron chi connectivity index (χ2n) is 5.41. The van der Waals surface area contributed by atoms with Crippen molar-refractivity contribution in [3.05, 3.63) is 28.2 Å². The summed E-state index contributed by atoms with van der Waals surface area (Å²) in [5.74, 6) is 0.112. The van der Waals surface area contributed by atoms with E-state index in [-0.39, 0.29) is 11.9 Å². The topological polar surface area (TPSA) is 56.1 Å². The van der Waals surface area contributed by atoms with Crippen LogP contribution >= 0.6 is 15.9 Å². The number of anilines is 1. The molecule has 1 fully saturated rings. The Kier molecular flexibility index (Phi) is 5.63. The number of hydrogen-bond acceptors (Lipinski definition) is 3. The molecule has 4 nitrogen and oxygen atoms in total. The quantitative estimate of drug-likeness (QED) is 0.907. The summed E-state index contributed by atoms with van der Waals surface area (Å²) in [6, 6.07) is 7.23. The number of amides is 1. The molecule has 1 aliphatic rings. The van der Waals surface area contributed by atoms with Crippen LogP contribution in [-0.4, -0.2) is 29.9 Å². The van der Waals surface area contributed by atoms with Gasteiger partial charge >= 0.3 is 0 Å². The maximum atomic E-state index is 12.5. The number of nitrogens with zero attached hydrogens (tertiary/aromatic N) is 2. The zero-order chi connectivity index (χ0) is 15.2. The Morgan fingerprint density at radius 2 is 2.00 bits per heavy atom. The summed E-state index contributed by atoms with van der Waals surface area (Å²) in [5, 5.41) is 12.3. The van der Waals surface area contributed by atoms with E-state index in [1.807, 2.05) is 24.0 Å². The minimum Gasteiger partial charge on any atom is -0.373 e. The first-order chi connectivity index (χ1) is 10.1. The first kappa shape index (κ1) is 15.8. The third-order valence-electron chi connectivity index (χ3n) is 3.76. The molecule has 1 aromatic rings. The van der Waals surface area contributed by atoms with Crippen molar-refractivity contribution in [1.82, 2.24) is 4.90 Å². The van der Waals surface area contributed by atoms with Gasteiger partial charge in [0.25, 0.3) is 0 Å². The lowest BCUT2D eigenvalue weighted by Gasteiger charge is -2.25. The van der Waals surface area contributed by atoms with Crippen LogP contribution in [0.2, 0.25) is 0 Å². The molecule has 0 saturated carbocycles. The van der Waals surface area contributed by atoms with Crippen molar-refractivity contribution in [2.45, 2.75) is 38.6 Å². The van der Waals surface area contributed by atoms with Crippen molar-refractivity contribution in [3.63, 3.8) is 0 Å². The molecule has 1 saturated heterocycles. The molecule has 1 N–H and O–H groups in total. The van der Waals surface area contributed by atoms with Crippen LogP contribution in [0.25, 0.3) is 0 Å². The highest BCUT2D eigenvalue weighted by atomic mass is 79.9. The molecule has 0 aliphatic carbocycles. The van der Waals surface area contributed by atoms with Gasteiger partial charge in [-0.25, -0.2) is 0 Å². The Balaban J connectivity index is 2.06. The zero-order valence-electron chi connectivity index (χ0n) is 12.2. The average Bonchev–Trinajstić information content (AvgIpc) is 2.75. The van der Waals surface area contributed by atoms with E-state index in [0.717, 1.165) is 30.4 Å². The lowest BCUT2D eigenvalue weighted by molar-refractivity contribution is -0.131. The summed E-state index contributed by atoms with van der Waals surface area (Å²) in [7, 11) is 0. The van der Waals surface area contributed by atoms with E-state index in [1.165, 1.54) is 12.8 Å². The molecular formula is C16H20BrN3O. The maximum absolute atomic E-state index is 12.5. The molecule has 21 heavy (non-hydrogen) atoms. The Hall–Kier alpha value is -1.54. The van der Waals surface area contributed by atoms with Gasteiger partial charge < -0.3 is 10.2 Å². The molecular weight excluding hydrogens is 330 g/mol. The average molecular weight is 350 g/mol. The minimum absolute atomic E-state index is 0.112. The van der Waals surface area contributed by atoms with Gasteiger partial charge in [-0.05, 0) is 38.0 Å². The van der Waals surface area contributed by atoms with E-state index in [1.54, 1.807) is 6.07 Å². The summed E-state index contributed by atoms with van der Waals surface area (Å²) < 4.78 is 0.887. The van der Waals surface area contributed by atoms with Crippen LogP contribution < -0.4 is 5.32 Å². The highest BCUT2D eigenvalue weighted by Gasteiger charge is 2.21. The van der Waals surface area contributed by atoms with Gasteiger partial charge in [0.05, 0.1) is 11.3 Å². The van der Waals surface area contributed by atoms with Crippen LogP contribution in [-0.2, 0) is 4.79 Å². The van der Waals surface area contributed by atoms with Gasteiger partial charge in [-0.3, -0.25) is 4.79 Å². The summed E-state index contributed by atoms with van der Waals surface area (Å²) in [4.78, 5) is 14.4. The molecule has 2 rings (SSSR count). The van der Waals surface area contributed by atoms with Gasteiger partial charge in [0.2, 0.25) is 5.91 Å². The molecule has 5 heteroatoms. The van der Waals surface area contributed by atoms with Crippen molar-refractivity contribution >= 4 is 27.5 Å². The third kappa shape index (κ3) is 4.21. The Morgan fingerprint density at radius 1 is 1.33 bits per heavy atom. The standard InChI is InChI=1S/C16H20BrN3O/c1-12(16(21)20-8-4-2-3-5-9-20)19-15-10-14(17)7-6-13(15)11-18/h6-7,10,12,19H,2-5,8-9H2,1H3. The van der Waals surface area contributed by atoms with E-state index in [0.29, 0.717) is 11.3 Å². The van der Waals surface area contributed by atoms with Crippen molar-refractivity contribution in [2.75, 3.05) is 18.4 Å². The van der Waals surface area contributed by atoms with Gasteiger partial charge in [-0.1, -0.05) is 28.8 Å². The molecule has 1 aromatic carbocycles. The number of likely N-dealkylation sites (tertiary alicyclic amines) is 1. The Labute approximate surface area is 134 Å². The lowest BCUT2D eigenvalue weighted by atomic mass is 10.1. The zero-order valence-corrected chi connectivity index (χ0v) is 13.8. The molecule has 0 bridgehead atoms. The molecule has 1 atom stereocenters. The predicted molar refractivity (Wildman–Crippen MR) is 87.0 cm³/mol. The highest BCUT2D eigenvalue weighted by Crippen LogP contribution is 2.22.